The Balaban J connectivity index is 2.24. The van der Waals surface area contributed by atoms with Crippen molar-refractivity contribution in [2.45, 2.75) is 4.90 Å². The summed E-state index contributed by atoms with van der Waals surface area (Å²) in [6.07, 6.45) is 0. The predicted octanol–water partition coefficient (Wildman–Crippen LogP) is 1.91. The molecule has 0 spiro atoms. The van der Waals surface area contributed by atoms with Crippen LogP contribution in [0.2, 0.25) is 0 Å². The fraction of sp³-hybridized carbons (Fsp3) is 0. The maximum Gasteiger partial charge on any atom is 0.261 e. The number of nitrogen functional groups attached to an aromatic ring is 1. The monoisotopic (exact) mass is 281 g/mol. The Kier molecular flexibility index (Phi) is 3.68. The third-order valence-corrected chi connectivity index (χ3v) is 3.82. The van der Waals surface area contributed by atoms with E-state index in [2.05, 4.69) is 10.1 Å². The summed E-state index contributed by atoms with van der Waals surface area (Å²) < 4.78 is 39.1. The van der Waals surface area contributed by atoms with Gasteiger partial charge in [0, 0.05) is 11.4 Å². The molecule has 0 atom stereocenters. The molecule has 0 aliphatic heterocycles. The molecule has 0 saturated carbocycles. The minimum absolute atomic E-state index is 0.0934. The van der Waals surface area contributed by atoms with Crippen molar-refractivity contribution >= 4 is 21.4 Å². The maximum atomic E-state index is 12.7. The van der Waals surface area contributed by atoms with Crippen molar-refractivity contribution in [3.63, 3.8) is 0 Å². The van der Waals surface area contributed by atoms with E-state index in [4.69, 9.17) is 5.84 Å². The molecule has 0 heterocycles. The van der Waals surface area contributed by atoms with Crippen molar-refractivity contribution in [1.82, 2.24) is 0 Å². The van der Waals surface area contributed by atoms with Crippen LogP contribution in [0.15, 0.2) is 53.4 Å². The summed E-state index contributed by atoms with van der Waals surface area (Å²) in [4.78, 5) is 0.0934. The van der Waals surface area contributed by atoms with Gasteiger partial charge in [0.15, 0.2) is 0 Å². The highest BCUT2D eigenvalue weighted by molar-refractivity contribution is 7.92. The van der Waals surface area contributed by atoms with E-state index in [0.29, 0.717) is 11.4 Å². The number of hydrogen-bond donors (Lipinski definition) is 3. The summed E-state index contributed by atoms with van der Waals surface area (Å²) in [6, 6.07) is 11.0. The number of nitrogens with one attached hydrogen (secondary N) is 2. The molecular formula is C12H12FN3O2S. The van der Waals surface area contributed by atoms with Gasteiger partial charge in [-0.1, -0.05) is 0 Å². The Labute approximate surface area is 110 Å². The average molecular weight is 281 g/mol. The van der Waals surface area contributed by atoms with Gasteiger partial charge in [-0.15, -0.1) is 0 Å². The molecule has 0 aliphatic rings. The number of hydrogen-bond acceptors (Lipinski definition) is 4. The van der Waals surface area contributed by atoms with Crippen LogP contribution in [0, 0.1) is 5.82 Å². The summed E-state index contributed by atoms with van der Waals surface area (Å²) in [7, 11) is -3.69. The van der Waals surface area contributed by atoms with Gasteiger partial charge in [0.05, 0.1) is 4.90 Å². The molecule has 100 valence electrons. The van der Waals surface area contributed by atoms with Crippen molar-refractivity contribution in [1.29, 1.82) is 0 Å². The molecule has 19 heavy (non-hydrogen) atoms. The SMILES string of the molecule is NNc1ccc(S(=O)(=O)Nc2ccc(F)cc2)cc1. The molecule has 0 unspecified atom stereocenters. The molecule has 0 saturated heterocycles. The topological polar surface area (TPSA) is 84.2 Å². The van der Waals surface area contributed by atoms with E-state index in [-0.39, 0.29) is 4.90 Å². The highest BCUT2D eigenvalue weighted by Gasteiger charge is 2.13. The zero-order chi connectivity index (χ0) is 13.9. The lowest BCUT2D eigenvalue weighted by atomic mass is 10.3. The molecule has 2 aromatic carbocycles. The van der Waals surface area contributed by atoms with Crippen molar-refractivity contribution in [3.8, 4) is 0 Å². The van der Waals surface area contributed by atoms with Gasteiger partial charge in [-0.25, -0.2) is 12.8 Å². The van der Waals surface area contributed by atoms with Gasteiger partial charge < -0.3 is 5.43 Å². The van der Waals surface area contributed by atoms with Crippen LogP contribution in [0.3, 0.4) is 0 Å². The van der Waals surface area contributed by atoms with E-state index in [9.17, 15) is 12.8 Å². The van der Waals surface area contributed by atoms with Crippen molar-refractivity contribution in [2.75, 3.05) is 10.1 Å². The van der Waals surface area contributed by atoms with E-state index in [0.717, 1.165) is 0 Å². The minimum atomic E-state index is -3.69. The van der Waals surface area contributed by atoms with Gasteiger partial charge in [-0.2, -0.15) is 0 Å². The molecule has 5 nitrogen and oxygen atoms in total. The second kappa shape index (κ2) is 5.25. The molecule has 0 aliphatic carbocycles. The molecule has 0 bridgehead atoms. The van der Waals surface area contributed by atoms with Crippen LogP contribution in [0.1, 0.15) is 0 Å². The molecule has 0 aromatic heterocycles. The van der Waals surface area contributed by atoms with Gasteiger partial charge in [-0.05, 0) is 48.5 Å². The second-order valence-electron chi connectivity index (χ2n) is 3.78. The van der Waals surface area contributed by atoms with E-state index >= 15 is 0 Å². The molecular weight excluding hydrogens is 269 g/mol. The standard InChI is InChI=1S/C12H12FN3O2S/c13-9-1-3-11(4-2-9)16-19(17,18)12-7-5-10(15-14)6-8-12/h1-8,15-16H,14H2. The molecule has 0 fully saturated rings. The van der Waals surface area contributed by atoms with Crippen molar-refractivity contribution < 1.29 is 12.8 Å². The highest BCUT2D eigenvalue weighted by atomic mass is 32.2. The molecule has 2 aromatic rings. The highest BCUT2D eigenvalue weighted by Crippen LogP contribution is 2.18. The Morgan fingerprint density at radius 1 is 0.895 bits per heavy atom. The maximum absolute atomic E-state index is 12.7. The zero-order valence-electron chi connectivity index (χ0n) is 9.80. The first-order chi connectivity index (χ1) is 9.01. The smallest absolute Gasteiger partial charge is 0.261 e. The first-order valence-electron chi connectivity index (χ1n) is 5.36. The lowest BCUT2D eigenvalue weighted by Crippen LogP contribution is -2.13. The largest absolute Gasteiger partial charge is 0.324 e. The Bertz CT molecular complexity index is 654. The summed E-state index contributed by atoms with van der Waals surface area (Å²) in [5.74, 6) is 4.77. The van der Waals surface area contributed by atoms with Crippen LogP contribution in [0.4, 0.5) is 15.8 Å². The summed E-state index contributed by atoms with van der Waals surface area (Å²) >= 11 is 0. The number of sulfonamides is 1. The van der Waals surface area contributed by atoms with E-state index in [1.165, 1.54) is 36.4 Å². The van der Waals surface area contributed by atoms with Crippen LogP contribution in [-0.2, 0) is 10.0 Å². The van der Waals surface area contributed by atoms with Crippen LogP contribution in [0.5, 0.6) is 0 Å². The Morgan fingerprint density at radius 2 is 1.42 bits per heavy atom. The van der Waals surface area contributed by atoms with Gasteiger partial charge >= 0.3 is 0 Å². The number of halogens is 1. The lowest BCUT2D eigenvalue weighted by molar-refractivity contribution is 0.601. The molecule has 4 N–H and O–H groups in total. The number of benzene rings is 2. The Morgan fingerprint density at radius 3 is 1.95 bits per heavy atom. The lowest BCUT2D eigenvalue weighted by Gasteiger charge is -2.08. The summed E-state index contributed by atoms with van der Waals surface area (Å²) in [5, 5.41) is 0. The van der Waals surface area contributed by atoms with E-state index < -0.39 is 15.8 Å². The van der Waals surface area contributed by atoms with E-state index in [1.54, 1.807) is 12.1 Å². The third kappa shape index (κ3) is 3.21. The quantitative estimate of drug-likeness (QED) is 0.590. The second-order valence-corrected chi connectivity index (χ2v) is 5.46. The van der Waals surface area contributed by atoms with Crippen LogP contribution in [0.25, 0.3) is 0 Å². The fourth-order valence-electron chi connectivity index (χ4n) is 1.46. The van der Waals surface area contributed by atoms with Gasteiger partial charge in [0.1, 0.15) is 5.82 Å². The number of nitrogens with two attached hydrogens (primary N) is 1. The molecule has 0 amide bonds. The summed E-state index contributed by atoms with van der Waals surface area (Å²) in [5.41, 5.74) is 3.30. The van der Waals surface area contributed by atoms with Gasteiger partial charge in [0.25, 0.3) is 10.0 Å². The first kappa shape index (κ1) is 13.3. The van der Waals surface area contributed by atoms with E-state index in [1.807, 2.05) is 0 Å². The predicted molar refractivity (Wildman–Crippen MR) is 71.5 cm³/mol. The van der Waals surface area contributed by atoms with Crippen LogP contribution < -0.4 is 16.0 Å². The van der Waals surface area contributed by atoms with Crippen molar-refractivity contribution in [3.05, 3.63) is 54.3 Å². The van der Waals surface area contributed by atoms with Gasteiger partial charge in [-0.3, -0.25) is 10.6 Å². The zero-order valence-corrected chi connectivity index (χ0v) is 10.6. The number of rotatable bonds is 4. The van der Waals surface area contributed by atoms with Crippen LogP contribution >= 0.6 is 0 Å². The molecule has 7 heteroatoms. The minimum Gasteiger partial charge on any atom is -0.324 e. The number of anilines is 2. The molecule has 2 rings (SSSR count). The third-order valence-electron chi connectivity index (χ3n) is 2.43. The van der Waals surface area contributed by atoms with Crippen molar-refractivity contribution in [2.24, 2.45) is 5.84 Å². The van der Waals surface area contributed by atoms with Crippen LogP contribution in [-0.4, -0.2) is 8.42 Å². The number of hydrazine groups is 1. The van der Waals surface area contributed by atoms with Gasteiger partial charge in [0.2, 0.25) is 0 Å². The first-order valence-corrected chi connectivity index (χ1v) is 6.85. The summed E-state index contributed by atoms with van der Waals surface area (Å²) in [6.45, 7) is 0. The average Bonchev–Trinajstić information content (AvgIpc) is 2.41. The fourth-order valence-corrected chi connectivity index (χ4v) is 2.52. The normalized spacial score (nSPS) is 11.1. The Hall–Kier alpha value is -2.12. The molecule has 0 radical (unpaired) electrons.